The highest BCUT2D eigenvalue weighted by Gasteiger charge is 2.23. The van der Waals surface area contributed by atoms with E-state index in [1.165, 1.54) is 37.5 Å². The van der Waals surface area contributed by atoms with Gasteiger partial charge < -0.3 is 14.4 Å². The predicted molar refractivity (Wildman–Crippen MR) is 187 cm³/mol. The smallest absolute Gasteiger partial charge is 0.277 e. The second-order valence-corrected chi connectivity index (χ2v) is 14.7. The molecule has 1 aliphatic rings. The minimum atomic E-state index is -0.151. The molecule has 1 aromatic carbocycles. The van der Waals surface area contributed by atoms with Gasteiger partial charge in [-0.2, -0.15) is 0 Å². The normalized spacial score (nSPS) is 14.5. The van der Waals surface area contributed by atoms with E-state index < -0.39 is 0 Å². The fraction of sp³-hybridized carbons (Fsp3) is 0.528. The third-order valence-corrected chi connectivity index (χ3v) is 10.3. The van der Waals surface area contributed by atoms with Gasteiger partial charge in [-0.05, 0) is 93.9 Å². The number of Topliss-reactive ketones (excluding diaryl/α,β-unsaturated/α-hetero) is 1. The Morgan fingerprint density at radius 3 is 2.30 bits per heavy atom. The number of pyridine rings is 1. The molecule has 1 saturated heterocycles. The van der Waals surface area contributed by atoms with E-state index in [2.05, 4.69) is 42.1 Å². The Morgan fingerprint density at radius 1 is 0.913 bits per heavy atom. The summed E-state index contributed by atoms with van der Waals surface area (Å²) in [6.07, 6.45) is 6.60. The topological polar surface area (TPSA) is 92.8 Å². The SMILES string of the molecule is CC(=O)c1ccc2c(n1)sc1c(=O)n3c4ccc(C(=O)N(CCC(C)C)CCC(C)C)cc4n(CCCN4CCCCC4)c3nc12. The van der Waals surface area contributed by atoms with E-state index in [9.17, 15) is 14.4 Å². The van der Waals surface area contributed by atoms with Crippen LogP contribution < -0.4 is 5.56 Å². The summed E-state index contributed by atoms with van der Waals surface area (Å²) in [6, 6.07) is 9.30. The minimum absolute atomic E-state index is 0.0351. The number of likely N-dealkylation sites (tertiary alicyclic amines) is 1. The maximum absolute atomic E-state index is 14.2. The van der Waals surface area contributed by atoms with Crippen molar-refractivity contribution in [1.82, 2.24) is 28.7 Å². The molecule has 0 saturated carbocycles. The van der Waals surface area contributed by atoms with E-state index in [0.717, 1.165) is 68.4 Å². The van der Waals surface area contributed by atoms with Crippen molar-refractivity contribution in [2.24, 2.45) is 11.8 Å². The number of benzene rings is 1. The highest BCUT2D eigenvalue weighted by Crippen LogP contribution is 2.32. The molecule has 0 unspecified atom stereocenters. The van der Waals surface area contributed by atoms with Crippen LogP contribution >= 0.6 is 11.3 Å². The maximum atomic E-state index is 14.2. The largest absolute Gasteiger partial charge is 0.339 e. The number of piperidine rings is 1. The predicted octanol–water partition coefficient (Wildman–Crippen LogP) is 7.03. The third-order valence-electron chi connectivity index (χ3n) is 9.24. The Kier molecular flexibility index (Phi) is 9.57. The third kappa shape index (κ3) is 6.47. The molecule has 0 spiro atoms. The number of aromatic nitrogens is 4. The highest BCUT2D eigenvalue weighted by molar-refractivity contribution is 7.25. The lowest BCUT2D eigenvalue weighted by Gasteiger charge is -2.26. The molecule has 46 heavy (non-hydrogen) atoms. The van der Waals surface area contributed by atoms with Gasteiger partial charge in [0.2, 0.25) is 5.78 Å². The minimum Gasteiger partial charge on any atom is -0.339 e. The van der Waals surface area contributed by atoms with E-state index in [-0.39, 0.29) is 17.2 Å². The van der Waals surface area contributed by atoms with Crippen molar-refractivity contribution in [3.8, 4) is 0 Å². The van der Waals surface area contributed by atoms with Crippen molar-refractivity contribution in [3.63, 3.8) is 0 Å². The molecule has 0 atom stereocenters. The molecule has 0 aliphatic carbocycles. The molecule has 5 heterocycles. The molecule has 244 valence electrons. The number of carbonyl (C=O) groups excluding carboxylic acids is 2. The van der Waals surface area contributed by atoms with E-state index in [4.69, 9.17) is 4.98 Å². The molecule has 1 amide bonds. The second kappa shape index (κ2) is 13.6. The first-order valence-electron chi connectivity index (χ1n) is 16.9. The van der Waals surface area contributed by atoms with Crippen molar-refractivity contribution in [1.29, 1.82) is 0 Å². The van der Waals surface area contributed by atoms with Crippen LogP contribution in [0.15, 0.2) is 35.1 Å². The summed E-state index contributed by atoms with van der Waals surface area (Å²) < 4.78 is 4.34. The maximum Gasteiger partial charge on any atom is 0.277 e. The summed E-state index contributed by atoms with van der Waals surface area (Å²) >= 11 is 1.28. The molecular weight excluding hydrogens is 597 g/mol. The van der Waals surface area contributed by atoms with Crippen LogP contribution in [0, 0.1) is 11.8 Å². The fourth-order valence-electron chi connectivity index (χ4n) is 6.51. The second-order valence-electron chi connectivity index (χ2n) is 13.7. The average molecular weight is 643 g/mol. The zero-order valence-electron chi connectivity index (χ0n) is 27.8. The summed E-state index contributed by atoms with van der Waals surface area (Å²) in [4.78, 5) is 55.0. The van der Waals surface area contributed by atoms with Crippen molar-refractivity contribution in [3.05, 3.63) is 51.9 Å². The van der Waals surface area contributed by atoms with Crippen LogP contribution in [0.1, 0.15) is 94.0 Å². The van der Waals surface area contributed by atoms with Gasteiger partial charge in [0.1, 0.15) is 20.7 Å². The summed E-state index contributed by atoms with van der Waals surface area (Å²) in [6.45, 7) is 15.6. The van der Waals surface area contributed by atoms with E-state index in [1.54, 1.807) is 10.5 Å². The number of ketones is 1. The van der Waals surface area contributed by atoms with E-state index >= 15 is 0 Å². The molecule has 1 fully saturated rings. The number of amides is 1. The lowest BCUT2D eigenvalue weighted by molar-refractivity contribution is 0.0740. The zero-order valence-corrected chi connectivity index (χ0v) is 28.7. The van der Waals surface area contributed by atoms with Gasteiger partial charge in [0.25, 0.3) is 11.5 Å². The van der Waals surface area contributed by atoms with Crippen LogP contribution in [-0.2, 0) is 6.54 Å². The van der Waals surface area contributed by atoms with Gasteiger partial charge in [0.15, 0.2) is 5.78 Å². The number of nitrogens with zero attached hydrogens (tertiary/aromatic N) is 6. The van der Waals surface area contributed by atoms with Crippen molar-refractivity contribution in [2.75, 3.05) is 32.7 Å². The summed E-state index contributed by atoms with van der Waals surface area (Å²) in [5.74, 6) is 1.51. The lowest BCUT2D eigenvalue weighted by Crippen LogP contribution is -2.34. The average Bonchev–Trinajstić information content (AvgIpc) is 3.56. The molecule has 1 aliphatic heterocycles. The highest BCUT2D eigenvalue weighted by atomic mass is 32.1. The van der Waals surface area contributed by atoms with Crippen molar-refractivity contribution in [2.45, 2.75) is 79.7 Å². The molecular formula is C36H46N6O3S. The number of rotatable bonds is 12. The molecule has 10 heteroatoms. The van der Waals surface area contributed by atoms with Gasteiger partial charge in [0, 0.05) is 37.5 Å². The quantitative estimate of drug-likeness (QED) is 0.136. The number of aryl methyl sites for hydroxylation is 1. The van der Waals surface area contributed by atoms with Gasteiger partial charge in [0.05, 0.1) is 11.0 Å². The van der Waals surface area contributed by atoms with Gasteiger partial charge in [-0.1, -0.05) is 34.1 Å². The lowest BCUT2D eigenvalue weighted by atomic mass is 10.1. The Labute approximate surface area is 274 Å². The van der Waals surface area contributed by atoms with Crippen LogP contribution in [0.25, 0.3) is 37.2 Å². The first-order chi connectivity index (χ1) is 22.1. The molecule has 0 bridgehead atoms. The Balaban J connectivity index is 1.47. The van der Waals surface area contributed by atoms with Crippen LogP contribution in [0.3, 0.4) is 0 Å². The van der Waals surface area contributed by atoms with Gasteiger partial charge >= 0.3 is 0 Å². The fourth-order valence-corrected chi connectivity index (χ4v) is 7.55. The van der Waals surface area contributed by atoms with Gasteiger partial charge in [-0.25, -0.2) is 14.4 Å². The summed E-state index contributed by atoms with van der Waals surface area (Å²) in [5, 5.41) is 0.775. The number of hydrogen-bond donors (Lipinski definition) is 0. The van der Waals surface area contributed by atoms with Crippen LogP contribution in [0.2, 0.25) is 0 Å². The van der Waals surface area contributed by atoms with Gasteiger partial charge in [-0.3, -0.25) is 14.4 Å². The van der Waals surface area contributed by atoms with Crippen molar-refractivity contribution < 1.29 is 9.59 Å². The number of hydrogen-bond acceptors (Lipinski definition) is 7. The molecule has 6 rings (SSSR count). The first-order valence-corrected chi connectivity index (χ1v) is 17.7. The van der Waals surface area contributed by atoms with Crippen molar-refractivity contribution >= 4 is 60.3 Å². The molecule has 0 radical (unpaired) electrons. The number of fused-ring (bicyclic) bond motifs is 6. The summed E-state index contributed by atoms with van der Waals surface area (Å²) in [5.41, 5.74) is 3.07. The number of imidazole rings is 1. The standard InChI is InChI=1S/C36H46N6O3S/c1-23(2)14-20-40(21-15-24(3)4)34(44)26-10-13-29-30(22-26)41(19-9-18-39-16-7-6-8-17-39)36-38-31-27-11-12-28(25(5)43)37-33(27)46-32(31)35(45)42(29)36/h10-13,22-24H,6-9,14-21H2,1-5H3. The first kappa shape index (κ1) is 32.3. The Hall–Kier alpha value is -3.63. The summed E-state index contributed by atoms with van der Waals surface area (Å²) in [7, 11) is 0. The Bertz CT molecular complexity index is 1950. The van der Waals surface area contributed by atoms with Gasteiger partial charge in [-0.15, -0.1) is 11.3 Å². The number of carbonyl (C=O) groups is 2. The monoisotopic (exact) mass is 642 g/mol. The Morgan fingerprint density at radius 2 is 1.63 bits per heavy atom. The molecule has 4 aromatic heterocycles. The van der Waals surface area contributed by atoms with Crippen LogP contribution in [0.5, 0.6) is 0 Å². The molecule has 5 aromatic rings. The molecule has 0 N–H and O–H groups in total. The van der Waals surface area contributed by atoms with E-state index in [1.807, 2.05) is 29.2 Å². The van der Waals surface area contributed by atoms with Crippen LogP contribution in [-0.4, -0.2) is 73.1 Å². The van der Waals surface area contributed by atoms with E-state index in [0.29, 0.717) is 50.5 Å². The van der Waals surface area contributed by atoms with Crippen LogP contribution in [0.4, 0.5) is 0 Å². The zero-order chi connectivity index (χ0) is 32.5. The molecule has 9 nitrogen and oxygen atoms in total. The number of thiophene rings is 1.